The molecule has 1 aliphatic heterocycles. The van der Waals surface area contributed by atoms with Crippen molar-refractivity contribution in [2.75, 3.05) is 38.0 Å². The smallest absolute Gasteiger partial charge is 0.336 e. The Hall–Kier alpha value is -3.72. The molecule has 1 N–H and O–H groups in total. The number of piperazine rings is 1. The first kappa shape index (κ1) is 24.4. The van der Waals surface area contributed by atoms with Crippen LogP contribution in [0.3, 0.4) is 0 Å². The van der Waals surface area contributed by atoms with Crippen molar-refractivity contribution >= 4 is 17.5 Å². The highest BCUT2D eigenvalue weighted by Crippen LogP contribution is 2.34. The number of pyridine rings is 1. The van der Waals surface area contributed by atoms with Gasteiger partial charge >= 0.3 is 6.18 Å². The van der Waals surface area contributed by atoms with E-state index in [2.05, 4.69) is 10.3 Å². The fraction of sp³-hybridized carbons (Fsp3) is 0.269. The lowest BCUT2D eigenvalue weighted by Crippen LogP contribution is -2.50. The van der Waals surface area contributed by atoms with Gasteiger partial charge in [-0.15, -0.1) is 0 Å². The van der Waals surface area contributed by atoms with Gasteiger partial charge in [-0.3, -0.25) is 19.5 Å². The van der Waals surface area contributed by atoms with Crippen molar-refractivity contribution in [2.24, 2.45) is 0 Å². The number of aromatic nitrogens is 1. The zero-order valence-corrected chi connectivity index (χ0v) is 19.2. The van der Waals surface area contributed by atoms with Gasteiger partial charge in [0.1, 0.15) is 0 Å². The van der Waals surface area contributed by atoms with Crippen molar-refractivity contribution in [3.8, 4) is 11.3 Å². The average molecular weight is 483 g/mol. The monoisotopic (exact) mass is 482 g/mol. The second-order valence-corrected chi connectivity index (χ2v) is 8.36. The Balaban J connectivity index is 1.33. The summed E-state index contributed by atoms with van der Waals surface area (Å²) in [5.41, 5.74) is 1.79. The molecular weight excluding hydrogens is 457 g/mol. The number of rotatable bonds is 5. The lowest BCUT2D eigenvalue weighted by Gasteiger charge is -2.34. The number of alkyl halides is 3. The van der Waals surface area contributed by atoms with Crippen molar-refractivity contribution in [3.63, 3.8) is 0 Å². The first-order chi connectivity index (χ1) is 16.7. The molecular formula is C26H25F3N4O2. The second-order valence-electron chi connectivity index (χ2n) is 8.36. The molecule has 2 heterocycles. The van der Waals surface area contributed by atoms with Gasteiger partial charge in [-0.1, -0.05) is 42.5 Å². The molecule has 1 aliphatic rings. The van der Waals surface area contributed by atoms with Crippen LogP contribution < -0.4 is 5.32 Å². The highest BCUT2D eigenvalue weighted by molar-refractivity contribution is 5.96. The number of aryl methyl sites for hydroxylation is 1. The van der Waals surface area contributed by atoms with E-state index in [1.54, 1.807) is 17.9 Å². The van der Waals surface area contributed by atoms with Crippen molar-refractivity contribution in [3.05, 3.63) is 83.6 Å². The number of hydrogen-bond acceptors (Lipinski definition) is 4. The van der Waals surface area contributed by atoms with Crippen LogP contribution in [0.1, 0.15) is 21.6 Å². The van der Waals surface area contributed by atoms with Crippen LogP contribution in [0.5, 0.6) is 0 Å². The molecule has 4 rings (SSSR count). The van der Waals surface area contributed by atoms with E-state index in [0.29, 0.717) is 37.4 Å². The van der Waals surface area contributed by atoms with Gasteiger partial charge in [0.05, 0.1) is 34.7 Å². The molecule has 2 amide bonds. The summed E-state index contributed by atoms with van der Waals surface area (Å²) in [6.07, 6.45) is -4.55. The van der Waals surface area contributed by atoms with Gasteiger partial charge in [-0.05, 0) is 31.2 Å². The predicted octanol–water partition coefficient (Wildman–Crippen LogP) is 4.47. The summed E-state index contributed by atoms with van der Waals surface area (Å²) in [4.78, 5) is 33.5. The minimum Gasteiger partial charge on any atom is -0.336 e. The van der Waals surface area contributed by atoms with E-state index in [9.17, 15) is 22.8 Å². The zero-order valence-electron chi connectivity index (χ0n) is 19.2. The quantitative estimate of drug-likeness (QED) is 0.583. The van der Waals surface area contributed by atoms with Crippen LogP contribution in [-0.2, 0) is 11.0 Å². The summed E-state index contributed by atoms with van der Waals surface area (Å²) in [7, 11) is 0. The van der Waals surface area contributed by atoms with E-state index in [-0.39, 0.29) is 18.1 Å². The number of hydrogen-bond donors (Lipinski definition) is 1. The lowest BCUT2D eigenvalue weighted by atomic mass is 10.1. The summed E-state index contributed by atoms with van der Waals surface area (Å²) < 4.78 is 39.4. The molecule has 3 aromatic rings. The van der Waals surface area contributed by atoms with Crippen LogP contribution in [0.2, 0.25) is 0 Å². The third-order valence-electron chi connectivity index (χ3n) is 5.92. The third kappa shape index (κ3) is 5.86. The summed E-state index contributed by atoms with van der Waals surface area (Å²) >= 11 is 0. The van der Waals surface area contributed by atoms with E-state index in [4.69, 9.17) is 0 Å². The zero-order chi connectivity index (χ0) is 25.0. The van der Waals surface area contributed by atoms with Crippen molar-refractivity contribution in [1.82, 2.24) is 14.8 Å². The Labute approximate surface area is 201 Å². The topological polar surface area (TPSA) is 65.5 Å². The number of anilines is 1. The molecule has 0 spiro atoms. The number of amides is 2. The second kappa shape index (κ2) is 10.3. The van der Waals surface area contributed by atoms with Gasteiger partial charge < -0.3 is 10.2 Å². The standard InChI is InChI=1S/C26H25F3N4O2/c1-18-20(11-12-22(30-18)19-7-3-2-4-8-19)25(35)33-15-13-32(14-16-33)17-24(34)31-23-10-6-5-9-21(23)26(27,28)29/h2-12H,13-17H2,1H3,(H,31,34). The number of halogens is 3. The normalized spacial score (nSPS) is 14.6. The molecule has 182 valence electrons. The van der Waals surface area contributed by atoms with Crippen molar-refractivity contribution in [1.29, 1.82) is 0 Å². The highest BCUT2D eigenvalue weighted by Gasteiger charge is 2.33. The fourth-order valence-electron chi connectivity index (χ4n) is 4.07. The Morgan fingerprint density at radius 3 is 2.23 bits per heavy atom. The average Bonchev–Trinajstić information content (AvgIpc) is 2.84. The first-order valence-electron chi connectivity index (χ1n) is 11.2. The fourth-order valence-corrected chi connectivity index (χ4v) is 4.07. The van der Waals surface area contributed by atoms with Crippen LogP contribution >= 0.6 is 0 Å². The maximum atomic E-state index is 13.1. The number of nitrogens with zero attached hydrogens (tertiary/aromatic N) is 3. The Kier molecular flexibility index (Phi) is 7.16. The first-order valence-corrected chi connectivity index (χ1v) is 11.2. The molecule has 35 heavy (non-hydrogen) atoms. The maximum Gasteiger partial charge on any atom is 0.418 e. The molecule has 2 aromatic carbocycles. The molecule has 9 heteroatoms. The molecule has 1 saturated heterocycles. The van der Waals surface area contributed by atoms with Crippen LogP contribution in [0.15, 0.2) is 66.7 Å². The number of carbonyl (C=O) groups excluding carboxylic acids is 2. The van der Waals surface area contributed by atoms with Gasteiger partial charge in [0, 0.05) is 31.7 Å². The third-order valence-corrected chi connectivity index (χ3v) is 5.92. The largest absolute Gasteiger partial charge is 0.418 e. The summed E-state index contributed by atoms with van der Waals surface area (Å²) in [5.74, 6) is -0.657. The van der Waals surface area contributed by atoms with Crippen LogP contribution in [0.25, 0.3) is 11.3 Å². The van der Waals surface area contributed by atoms with E-state index in [1.165, 1.54) is 18.2 Å². The number of benzene rings is 2. The lowest BCUT2D eigenvalue weighted by molar-refractivity contribution is -0.137. The van der Waals surface area contributed by atoms with Gasteiger partial charge in [0.2, 0.25) is 5.91 Å². The number of para-hydroxylation sites is 1. The predicted molar refractivity (Wildman–Crippen MR) is 127 cm³/mol. The number of carbonyl (C=O) groups is 2. The number of nitrogens with one attached hydrogen (secondary N) is 1. The Morgan fingerprint density at radius 2 is 1.57 bits per heavy atom. The van der Waals surface area contributed by atoms with E-state index < -0.39 is 17.6 Å². The van der Waals surface area contributed by atoms with Gasteiger partial charge in [0.25, 0.3) is 5.91 Å². The maximum absolute atomic E-state index is 13.1. The summed E-state index contributed by atoms with van der Waals surface area (Å²) in [6, 6.07) is 18.2. The van der Waals surface area contributed by atoms with Crippen LogP contribution in [-0.4, -0.2) is 59.3 Å². The minimum atomic E-state index is -4.55. The van der Waals surface area contributed by atoms with Crippen molar-refractivity contribution < 1.29 is 22.8 Å². The molecule has 6 nitrogen and oxygen atoms in total. The van der Waals surface area contributed by atoms with Gasteiger partial charge in [-0.2, -0.15) is 13.2 Å². The molecule has 0 unspecified atom stereocenters. The molecule has 0 radical (unpaired) electrons. The van der Waals surface area contributed by atoms with Gasteiger partial charge in [-0.25, -0.2) is 0 Å². The molecule has 0 bridgehead atoms. The Morgan fingerprint density at radius 1 is 0.914 bits per heavy atom. The van der Waals surface area contributed by atoms with E-state index in [0.717, 1.165) is 17.3 Å². The molecule has 1 aromatic heterocycles. The van der Waals surface area contributed by atoms with Crippen molar-refractivity contribution in [2.45, 2.75) is 13.1 Å². The highest BCUT2D eigenvalue weighted by atomic mass is 19.4. The molecule has 0 saturated carbocycles. The summed E-state index contributed by atoms with van der Waals surface area (Å²) in [6.45, 7) is 3.44. The molecule has 0 atom stereocenters. The SMILES string of the molecule is Cc1nc(-c2ccccc2)ccc1C(=O)N1CCN(CC(=O)Nc2ccccc2C(F)(F)F)CC1. The minimum absolute atomic E-state index is 0.0550. The van der Waals surface area contributed by atoms with E-state index in [1.807, 2.05) is 41.3 Å². The van der Waals surface area contributed by atoms with Crippen LogP contribution in [0, 0.1) is 6.92 Å². The van der Waals surface area contributed by atoms with Gasteiger partial charge in [0.15, 0.2) is 0 Å². The summed E-state index contributed by atoms with van der Waals surface area (Å²) in [5, 5.41) is 2.36. The molecule has 1 fully saturated rings. The van der Waals surface area contributed by atoms with E-state index >= 15 is 0 Å². The molecule has 0 aliphatic carbocycles. The Bertz CT molecular complexity index is 1210. The van der Waals surface area contributed by atoms with Crippen LogP contribution in [0.4, 0.5) is 18.9 Å².